The van der Waals surface area contributed by atoms with Crippen LogP contribution in [-0.4, -0.2) is 34.6 Å². The number of amides is 4. The van der Waals surface area contributed by atoms with Gasteiger partial charge in [0.05, 0.1) is 11.1 Å². The quantitative estimate of drug-likeness (QED) is 0.859. The summed E-state index contributed by atoms with van der Waals surface area (Å²) in [6.07, 6.45) is 1.15. The van der Waals surface area contributed by atoms with Crippen molar-refractivity contribution in [1.29, 1.82) is 0 Å². The molecule has 1 aromatic rings. The predicted octanol–water partition coefficient (Wildman–Crippen LogP) is 1.60. The van der Waals surface area contributed by atoms with Gasteiger partial charge < -0.3 is 0 Å². The second kappa shape index (κ2) is 5.61. The van der Waals surface area contributed by atoms with Gasteiger partial charge in [-0.15, -0.1) is 0 Å². The maximum atomic E-state index is 12.8. The van der Waals surface area contributed by atoms with Crippen molar-refractivity contribution in [3.8, 4) is 0 Å². The Kier molecular flexibility index (Phi) is 3.75. The molecule has 120 valence electrons. The topological polar surface area (TPSA) is 83.6 Å². The number of carbonyl (C=O) groups is 4. The van der Waals surface area contributed by atoms with Crippen LogP contribution in [0.2, 0.25) is 0 Å². The molecule has 4 amide bonds. The van der Waals surface area contributed by atoms with Crippen molar-refractivity contribution in [2.45, 2.75) is 45.1 Å². The number of fused-ring (bicyclic) bond motifs is 1. The monoisotopic (exact) mass is 314 g/mol. The molecular weight excluding hydrogens is 296 g/mol. The number of nitrogens with zero attached hydrogens (tertiary/aromatic N) is 1. The molecule has 2 aliphatic heterocycles. The zero-order chi connectivity index (χ0) is 16.7. The van der Waals surface area contributed by atoms with Crippen LogP contribution in [0.4, 0.5) is 0 Å². The van der Waals surface area contributed by atoms with Crippen LogP contribution >= 0.6 is 0 Å². The number of imide groups is 2. The van der Waals surface area contributed by atoms with E-state index in [0.29, 0.717) is 11.1 Å². The zero-order valence-electron chi connectivity index (χ0n) is 13.1. The van der Waals surface area contributed by atoms with Gasteiger partial charge >= 0.3 is 0 Å². The molecule has 3 rings (SSSR count). The van der Waals surface area contributed by atoms with E-state index in [1.165, 1.54) is 0 Å². The highest BCUT2D eigenvalue weighted by molar-refractivity contribution is 6.24. The van der Waals surface area contributed by atoms with Crippen molar-refractivity contribution in [1.82, 2.24) is 10.2 Å². The summed E-state index contributed by atoms with van der Waals surface area (Å²) in [5.41, 5.74) is 1.58. The Labute approximate surface area is 133 Å². The molecule has 23 heavy (non-hydrogen) atoms. The highest BCUT2D eigenvalue weighted by Gasteiger charge is 2.45. The average molecular weight is 314 g/mol. The van der Waals surface area contributed by atoms with Crippen LogP contribution < -0.4 is 5.32 Å². The third kappa shape index (κ3) is 2.34. The van der Waals surface area contributed by atoms with Crippen LogP contribution in [0.15, 0.2) is 18.2 Å². The third-order valence-electron chi connectivity index (χ3n) is 4.64. The number of hydrogen-bond acceptors (Lipinski definition) is 4. The normalized spacial score (nSPS) is 22.2. The minimum atomic E-state index is -0.912. The van der Waals surface area contributed by atoms with Gasteiger partial charge in [0.2, 0.25) is 11.8 Å². The lowest BCUT2D eigenvalue weighted by atomic mass is 9.91. The summed E-state index contributed by atoms with van der Waals surface area (Å²) in [5, 5.41) is 2.20. The second-order valence-electron chi connectivity index (χ2n) is 6.03. The molecule has 2 atom stereocenters. The fourth-order valence-electron chi connectivity index (χ4n) is 3.17. The first-order valence-corrected chi connectivity index (χ1v) is 7.80. The smallest absolute Gasteiger partial charge is 0.262 e. The van der Waals surface area contributed by atoms with Crippen molar-refractivity contribution in [3.63, 3.8) is 0 Å². The van der Waals surface area contributed by atoms with Gasteiger partial charge in [-0.1, -0.05) is 26.0 Å². The van der Waals surface area contributed by atoms with Crippen LogP contribution in [0.3, 0.4) is 0 Å². The Morgan fingerprint density at radius 1 is 1.22 bits per heavy atom. The first-order chi connectivity index (χ1) is 11.0. The van der Waals surface area contributed by atoms with Crippen molar-refractivity contribution >= 4 is 23.6 Å². The molecule has 2 heterocycles. The molecule has 0 saturated carbocycles. The van der Waals surface area contributed by atoms with Crippen molar-refractivity contribution < 1.29 is 19.2 Å². The Balaban J connectivity index is 2.01. The SMILES string of the molecule is CCC(C)c1cccc2c1C(=O)N(C1CCC(=O)NC1=O)C2=O. The zero-order valence-corrected chi connectivity index (χ0v) is 13.1. The Morgan fingerprint density at radius 2 is 1.96 bits per heavy atom. The maximum Gasteiger partial charge on any atom is 0.262 e. The van der Waals surface area contributed by atoms with Gasteiger partial charge in [-0.2, -0.15) is 0 Å². The molecule has 1 N–H and O–H groups in total. The molecule has 1 fully saturated rings. The van der Waals surface area contributed by atoms with Crippen LogP contribution in [-0.2, 0) is 9.59 Å². The van der Waals surface area contributed by atoms with Crippen LogP contribution in [0.25, 0.3) is 0 Å². The summed E-state index contributed by atoms with van der Waals surface area (Å²) in [6, 6.07) is 4.32. The lowest BCUT2D eigenvalue weighted by Crippen LogP contribution is -2.54. The van der Waals surface area contributed by atoms with Crippen LogP contribution in [0, 0.1) is 0 Å². The molecule has 6 heteroatoms. The van der Waals surface area contributed by atoms with Gasteiger partial charge in [0.1, 0.15) is 6.04 Å². The molecule has 6 nitrogen and oxygen atoms in total. The minimum Gasteiger partial charge on any atom is -0.295 e. The highest BCUT2D eigenvalue weighted by Crippen LogP contribution is 2.33. The van der Waals surface area contributed by atoms with Gasteiger partial charge in [-0.05, 0) is 30.4 Å². The number of nitrogens with one attached hydrogen (secondary N) is 1. The first-order valence-electron chi connectivity index (χ1n) is 7.80. The van der Waals surface area contributed by atoms with E-state index >= 15 is 0 Å². The van der Waals surface area contributed by atoms with E-state index in [-0.39, 0.29) is 24.7 Å². The molecule has 1 saturated heterocycles. The van der Waals surface area contributed by atoms with Gasteiger partial charge in [0, 0.05) is 6.42 Å². The van der Waals surface area contributed by atoms with Gasteiger partial charge in [0.15, 0.2) is 0 Å². The van der Waals surface area contributed by atoms with Crippen molar-refractivity contribution in [3.05, 3.63) is 34.9 Å². The lowest BCUT2D eigenvalue weighted by molar-refractivity contribution is -0.136. The van der Waals surface area contributed by atoms with Gasteiger partial charge in [-0.25, -0.2) is 0 Å². The fraction of sp³-hybridized carbons (Fsp3) is 0.412. The lowest BCUT2D eigenvalue weighted by Gasteiger charge is -2.28. The van der Waals surface area contributed by atoms with Gasteiger partial charge in [0.25, 0.3) is 11.8 Å². The molecule has 0 aromatic heterocycles. The summed E-state index contributed by atoms with van der Waals surface area (Å²) in [4.78, 5) is 49.8. The molecule has 0 radical (unpaired) electrons. The van der Waals surface area contributed by atoms with Crippen molar-refractivity contribution in [2.24, 2.45) is 0 Å². The minimum absolute atomic E-state index is 0.127. The average Bonchev–Trinajstić information content (AvgIpc) is 2.79. The molecule has 2 aliphatic rings. The molecule has 1 aromatic carbocycles. The molecule has 0 bridgehead atoms. The van der Waals surface area contributed by atoms with E-state index in [4.69, 9.17) is 0 Å². The molecular formula is C17H18N2O4. The van der Waals surface area contributed by atoms with E-state index in [1.807, 2.05) is 19.9 Å². The number of benzene rings is 1. The first kappa shape index (κ1) is 15.4. The Bertz CT molecular complexity index is 725. The van der Waals surface area contributed by atoms with Crippen LogP contribution in [0.5, 0.6) is 0 Å². The third-order valence-corrected chi connectivity index (χ3v) is 4.64. The molecule has 0 aliphatic carbocycles. The van der Waals surface area contributed by atoms with Crippen LogP contribution in [0.1, 0.15) is 65.3 Å². The van der Waals surface area contributed by atoms with E-state index in [9.17, 15) is 19.2 Å². The van der Waals surface area contributed by atoms with Crippen molar-refractivity contribution in [2.75, 3.05) is 0 Å². The number of carbonyl (C=O) groups excluding carboxylic acids is 4. The summed E-state index contributed by atoms with van der Waals surface area (Å²) in [6.45, 7) is 4.02. The number of piperidine rings is 1. The predicted molar refractivity (Wildman–Crippen MR) is 81.8 cm³/mol. The van der Waals surface area contributed by atoms with E-state index in [2.05, 4.69) is 5.32 Å². The summed E-state index contributed by atoms with van der Waals surface area (Å²) in [5.74, 6) is -1.70. The standard InChI is InChI=1S/C17H18N2O4/c1-3-9(2)10-5-4-6-11-14(10)17(23)19(16(11)22)12-7-8-13(20)18-15(12)21/h4-6,9,12H,3,7-8H2,1-2H3,(H,18,20,21). The largest absolute Gasteiger partial charge is 0.295 e. The van der Waals surface area contributed by atoms with E-state index < -0.39 is 23.8 Å². The number of hydrogen-bond donors (Lipinski definition) is 1. The second-order valence-corrected chi connectivity index (χ2v) is 6.03. The summed E-state index contributed by atoms with van der Waals surface area (Å²) in [7, 11) is 0. The van der Waals surface area contributed by atoms with E-state index in [1.54, 1.807) is 12.1 Å². The summed E-state index contributed by atoms with van der Waals surface area (Å²) >= 11 is 0. The maximum absolute atomic E-state index is 12.8. The molecule has 0 spiro atoms. The number of rotatable bonds is 3. The Hall–Kier alpha value is -2.50. The van der Waals surface area contributed by atoms with Gasteiger partial charge in [-0.3, -0.25) is 29.4 Å². The highest BCUT2D eigenvalue weighted by atomic mass is 16.2. The van der Waals surface area contributed by atoms with E-state index in [0.717, 1.165) is 16.9 Å². The summed E-state index contributed by atoms with van der Waals surface area (Å²) < 4.78 is 0. The Morgan fingerprint density at radius 3 is 2.61 bits per heavy atom. The fourth-order valence-corrected chi connectivity index (χ4v) is 3.17. The molecule has 2 unspecified atom stereocenters.